The highest BCUT2D eigenvalue weighted by Gasteiger charge is 2.21. The van der Waals surface area contributed by atoms with Gasteiger partial charge < -0.3 is 4.74 Å². The standard InChI is InChI=1S/C28H30N6OS/c36-28-33(20-22-5-2-1-3-6-22)27(25-7-4-11-29-18-25)30-34(28)21-32-14-12-31(13-15-32)19-23-8-9-26-24(17-23)10-16-35-26/h1-9,11,17-18H,10,12-16,19-21H2. The maximum absolute atomic E-state index is 5.93. The molecule has 6 rings (SSSR count). The van der Waals surface area contributed by atoms with Crippen molar-refractivity contribution in [1.29, 1.82) is 0 Å². The molecule has 1 saturated heterocycles. The summed E-state index contributed by atoms with van der Waals surface area (Å²) in [6, 6.07) is 21.0. The number of nitrogens with zero attached hydrogens (tertiary/aromatic N) is 6. The molecule has 2 aromatic heterocycles. The first-order chi connectivity index (χ1) is 17.7. The number of benzene rings is 2. The molecule has 0 saturated carbocycles. The van der Waals surface area contributed by atoms with Crippen LogP contribution in [0.3, 0.4) is 0 Å². The summed E-state index contributed by atoms with van der Waals surface area (Å²) < 4.78 is 10.5. The molecule has 1 fully saturated rings. The highest BCUT2D eigenvalue weighted by molar-refractivity contribution is 7.71. The Morgan fingerprint density at radius 3 is 2.50 bits per heavy atom. The van der Waals surface area contributed by atoms with E-state index in [2.05, 4.69) is 61.8 Å². The number of hydrogen-bond donors (Lipinski definition) is 0. The second kappa shape index (κ2) is 10.3. The van der Waals surface area contributed by atoms with Crippen molar-refractivity contribution >= 4 is 12.2 Å². The lowest BCUT2D eigenvalue weighted by atomic mass is 10.1. The maximum atomic E-state index is 5.93. The minimum atomic E-state index is 0.684. The molecule has 7 nitrogen and oxygen atoms in total. The van der Waals surface area contributed by atoms with Crippen molar-refractivity contribution in [3.63, 3.8) is 0 Å². The normalized spacial score (nSPS) is 16.1. The van der Waals surface area contributed by atoms with E-state index >= 15 is 0 Å². The molecule has 2 aromatic carbocycles. The average Bonchev–Trinajstić information content (AvgIpc) is 3.51. The highest BCUT2D eigenvalue weighted by Crippen LogP contribution is 2.26. The lowest BCUT2D eigenvalue weighted by Crippen LogP contribution is -2.46. The third-order valence-corrected chi connectivity index (χ3v) is 7.42. The van der Waals surface area contributed by atoms with Gasteiger partial charge in [-0.15, -0.1) is 0 Å². The van der Waals surface area contributed by atoms with Crippen LogP contribution in [0.4, 0.5) is 0 Å². The van der Waals surface area contributed by atoms with Crippen molar-refractivity contribution in [2.24, 2.45) is 0 Å². The average molecular weight is 499 g/mol. The molecule has 0 aliphatic carbocycles. The number of piperazine rings is 1. The summed E-state index contributed by atoms with van der Waals surface area (Å²) in [5, 5.41) is 4.96. The zero-order valence-corrected chi connectivity index (χ0v) is 21.1. The SMILES string of the molecule is S=c1n(CN2CCN(Cc3ccc4c(c3)CCO4)CC2)nc(-c2cccnc2)n1Cc1ccccc1. The predicted octanol–water partition coefficient (Wildman–Crippen LogP) is 4.23. The molecule has 0 atom stereocenters. The van der Waals surface area contributed by atoms with Gasteiger partial charge in [0.1, 0.15) is 5.75 Å². The zero-order valence-electron chi connectivity index (χ0n) is 20.3. The minimum absolute atomic E-state index is 0.684. The largest absolute Gasteiger partial charge is 0.493 e. The Balaban J connectivity index is 1.15. The molecule has 0 amide bonds. The third kappa shape index (κ3) is 4.97. The first kappa shape index (κ1) is 23.1. The number of fused-ring (bicyclic) bond motifs is 1. The van der Waals surface area contributed by atoms with E-state index in [0.717, 1.165) is 67.7 Å². The molecule has 184 valence electrons. The van der Waals surface area contributed by atoms with Crippen molar-refractivity contribution < 1.29 is 4.74 Å². The van der Waals surface area contributed by atoms with Crippen LogP contribution < -0.4 is 4.74 Å². The molecule has 2 aliphatic rings. The summed E-state index contributed by atoms with van der Waals surface area (Å²) in [5.41, 5.74) is 4.89. The zero-order chi connectivity index (χ0) is 24.3. The van der Waals surface area contributed by atoms with Gasteiger partial charge in [-0.1, -0.05) is 42.5 Å². The quantitative estimate of drug-likeness (QED) is 0.356. The van der Waals surface area contributed by atoms with E-state index in [0.29, 0.717) is 13.2 Å². The lowest BCUT2D eigenvalue weighted by molar-refractivity contribution is 0.0980. The van der Waals surface area contributed by atoms with Crippen LogP contribution in [0.25, 0.3) is 11.4 Å². The van der Waals surface area contributed by atoms with Crippen molar-refractivity contribution in [2.75, 3.05) is 32.8 Å². The molecule has 4 heterocycles. The van der Waals surface area contributed by atoms with Gasteiger partial charge in [0.15, 0.2) is 10.6 Å². The molecular weight excluding hydrogens is 468 g/mol. The fourth-order valence-corrected chi connectivity index (χ4v) is 5.27. The van der Waals surface area contributed by atoms with E-state index in [-0.39, 0.29) is 0 Å². The molecule has 0 unspecified atom stereocenters. The summed E-state index contributed by atoms with van der Waals surface area (Å²) >= 11 is 5.93. The van der Waals surface area contributed by atoms with Crippen LogP contribution in [0.1, 0.15) is 16.7 Å². The smallest absolute Gasteiger partial charge is 0.199 e. The third-order valence-electron chi connectivity index (χ3n) is 6.98. The number of hydrogen-bond acceptors (Lipinski definition) is 6. The summed E-state index contributed by atoms with van der Waals surface area (Å²) in [7, 11) is 0. The number of ether oxygens (including phenoxy) is 1. The van der Waals surface area contributed by atoms with Gasteiger partial charge in [-0.25, -0.2) is 4.68 Å². The van der Waals surface area contributed by atoms with Crippen molar-refractivity contribution in [2.45, 2.75) is 26.2 Å². The molecule has 4 aromatic rings. The Labute approximate surface area is 216 Å². The van der Waals surface area contributed by atoms with Gasteiger partial charge in [0.2, 0.25) is 0 Å². The molecule has 36 heavy (non-hydrogen) atoms. The Morgan fingerprint density at radius 2 is 1.69 bits per heavy atom. The Kier molecular flexibility index (Phi) is 6.63. The number of pyridine rings is 1. The van der Waals surface area contributed by atoms with Crippen LogP contribution >= 0.6 is 12.2 Å². The van der Waals surface area contributed by atoms with Gasteiger partial charge >= 0.3 is 0 Å². The molecular formula is C28H30N6OS. The molecule has 8 heteroatoms. The Hall–Kier alpha value is -3.33. The van der Waals surface area contributed by atoms with E-state index in [9.17, 15) is 0 Å². The Morgan fingerprint density at radius 1 is 0.861 bits per heavy atom. The van der Waals surface area contributed by atoms with Crippen LogP contribution in [0.5, 0.6) is 5.75 Å². The van der Waals surface area contributed by atoms with Gasteiger partial charge in [-0.3, -0.25) is 19.4 Å². The summed E-state index contributed by atoms with van der Waals surface area (Å²) in [5.74, 6) is 1.91. The molecule has 0 N–H and O–H groups in total. The van der Waals surface area contributed by atoms with Crippen LogP contribution in [0.15, 0.2) is 73.1 Å². The van der Waals surface area contributed by atoms with Crippen molar-refractivity contribution in [3.8, 4) is 17.1 Å². The maximum Gasteiger partial charge on any atom is 0.199 e. The highest BCUT2D eigenvalue weighted by atomic mass is 32.1. The van der Waals surface area contributed by atoms with Gasteiger partial charge in [-0.2, -0.15) is 5.10 Å². The molecule has 0 radical (unpaired) electrons. The van der Waals surface area contributed by atoms with Crippen LogP contribution in [0, 0.1) is 4.77 Å². The fraction of sp³-hybridized carbons (Fsp3) is 0.321. The minimum Gasteiger partial charge on any atom is -0.493 e. The van der Waals surface area contributed by atoms with E-state index < -0.39 is 0 Å². The van der Waals surface area contributed by atoms with E-state index in [1.165, 1.54) is 16.7 Å². The number of rotatable bonds is 7. The van der Waals surface area contributed by atoms with Crippen LogP contribution in [0.2, 0.25) is 0 Å². The first-order valence-electron chi connectivity index (χ1n) is 12.5. The molecule has 0 spiro atoms. The first-order valence-corrected chi connectivity index (χ1v) is 12.9. The number of aromatic nitrogens is 4. The second-order valence-electron chi connectivity index (χ2n) is 9.50. The van der Waals surface area contributed by atoms with Crippen molar-refractivity contribution in [1.82, 2.24) is 29.1 Å². The molecule has 0 bridgehead atoms. The predicted molar refractivity (Wildman–Crippen MR) is 142 cm³/mol. The summed E-state index contributed by atoms with van der Waals surface area (Å²) in [6.07, 6.45) is 4.66. The van der Waals surface area contributed by atoms with Crippen LogP contribution in [-0.4, -0.2) is 61.9 Å². The van der Waals surface area contributed by atoms with Gasteiger partial charge in [0, 0.05) is 57.1 Å². The topological polar surface area (TPSA) is 51.4 Å². The van der Waals surface area contributed by atoms with E-state index in [1.807, 2.05) is 29.1 Å². The van der Waals surface area contributed by atoms with Gasteiger partial charge in [0.25, 0.3) is 0 Å². The molecule has 2 aliphatic heterocycles. The fourth-order valence-electron chi connectivity index (χ4n) is 5.02. The van der Waals surface area contributed by atoms with E-state index in [1.54, 1.807) is 6.20 Å². The second-order valence-corrected chi connectivity index (χ2v) is 9.86. The van der Waals surface area contributed by atoms with Crippen LogP contribution in [-0.2, 0) is 26.2 Å². The summed E-state index contributed by atoms with van der Waals surface area (Å²) in [4.78, 5) is 9.28. The van der Waals surface area contributed by atoms with Gasteiger partial charge in [0.05, 0.1) is 19.8 Å². The van der Waals surface area contributed by atoms with Gasteiger partial charge in [-0.05, 0) is 47.1 Å². The Bertz CT molecular complexity index is 1380. The van der Waals surface area contributed by atoms with E-state index in [4.69, 9.17) is 22.1 Å². The lowest BCUT2D eigenvalue weighted by Gasteiger charge is -2.34. The summed E-state index contributed by atoms with van der Waals surface area (Å²) in [6.45, 7) is 7.21. The monoisotopic (exact) mass is 498 g/mol. The van der Waals surface area contributed by atoms with Crippen molar-refractivity contribution in [3.05, 3.63) is 94.5 Å².